The van der Waals surface area contributed by atoms with E-state index >= 15 is 0 Å². The summed E-state index contributed by atoms with van der Waals surface area (Å²) in [5, 5.41) is 7.35. The topological polar surface area (TPSA) is 47.8 Å². The Hall–Kier alpha value is -1.78. The van der Waals surface area contributed by atoms with Gasteiger partial charge in [0.15, 0.2) is 12.1 Å². The molecule has 0 saturated carbocycles. The van der Waals surface area contributed by atoms with E-state index in [-0.39, 0.29) is 11.1 Å². The Morgan fingerprint density at radius 1 is 1.54 bits per heavy atom. The summed E-state index contributed by atoms with van der Waals surface area (Å²) in [7, 11) is 1.58. The molecule has 0 bridgehead atoms. The minimum absolute atomic E-state index is 0.0258. The second kappa shape index (κ2) is 2.62. The van der Waals surface area contributed by atoms with Gasteiger partial charge in [-0.15, -0.1) is 5.10 Å². The first-order chi connectivity index (χ1) is 6.24. The smallest absolute Gasteiger partial charge is 0.161 e. The molecule has 0 aliphatic carbocycles. The van der Waals surface area contributed by atoms with Crippen LogP contribution in [-0.2, 0) is 7.05 Å². The van der Waals surface area contributed by atoms with Gasteiger partial charge in [-0.3, -0.25) is 4.79 Å². The molecule has 0 amide bonds. The molecule has 0 unspecified atom stereocenters. The summed E-state index contributed by atoms with van der Waals surface area (Å²) >= 11 is 0. The van der Waals surface area contributed by atoms with Crippen molar-refractivity contribution in [1.82, 2.24) is 15.0 Å². The molecule has 1 heterocycles. The lowest BCUT2D eigenvalue weighted by Gasteiger charge is -1.96. The van der Waals surface area contributed by atoms with E-state index in [0.29, 0.717) is 11.8 Å². The molecule has 0 aliphatic heterocycles. The first kappa shape index (κ1) is 7.85. The third-order valence-corrected chi connectivity index (χ3v) is 1.86. The zero-order valence-corrected chi connectivity index (χ0v) is 6.86. The minimum Gasteiger partial charge on any atom is -0.298 e. The van der Waals surface area contributed by atoms with Gasteiger partial charge >= 0.3 is 0 Å². The quantitative estimate of drug-likeness (QED) is 0.611. The van der Waals surface area contributed by atoms with Crippen LogP contribution in [0.25, 0.3) is 11.0 Å². The molecule has 0 aliphatic rings. The van der Waals surface area contributed by atoms with Crippen molar-refractivity contribution in [2.45, 2.75) is 0 Å². The molecule has 1 aromatic heterocycles. The Bertz CT molecular complexity index is 477. The van der Waals surface area contributed by atoms with Crippen molar-refractivity contribution in [3.8, 4) is 0 Å². The number of rotatable bonds is 1. The Morgan fingerprint density at radius 2 is 2.31 bits per heavy atom. The van der Waals surface area contributed by atoms with Gasteiger partial charge in [-0.2, -0.15) is 0 Å². The van der Waals surface area contributed by atoms with E-state index in [1.54, 1.807) is 13.1 Å². The lowest BCUT2D eigenvalue weighted by molar-refractivity contribution is 0.112. The zero-order chi connectivity index (χ0) is 9.42. The number of benzene rings is 1. The number of hydrogen-bond donors (Lipinski definition) is 0. The Balaban J connectivity index is 2.91. The lowest BCUT2D eigenvalue weighted by Crippen LogP contribution is -1.95. The van der Waals surface area contributed by atoms with Crippen LogP contribution in [0, 0.1) is 5.82 Å². The van der Waals surface area contributed by atoms with E-state index in [9.17, 15) is 9.18 Å². The number of halogens is 1. The highest BCUT2D eigenvalue weighted by Crippen LogP contribution is 2.16. The van der Waals surface area contributed by atoms with E-state index in [4.69, 9.17) is 0 Å². The number of aryl methyl sites for hydroxylation is 1. The van der Waals surface area contributed by atoms with E-state index < -0.39 is 5.82 Å². The number of nitrogens with zero attached hydrogens (tertiary/aromatic N) is 3. The monoisotopic (exact) mass is 179 g/mol. The second-order valence-electron chi connectivity index (χ2n) is 2.67. The van der Waals surface area contributed by atoms with E-state index in [2.05, 4.69) is 10.3 Å². The zero-order valence-electron chi connectivity index (χ0n) is 6.86. The predicted octanol–water partition coefficient (Wildman–Crippen LogP) is 0.920. The standard InChI is InChI=1S/C8H6FN3O/c1-12-8-6(10-11-12)3-2-5(4-13)7(8)9/h2-4H,1H3. The van der Waals surface area contributed by atoms with Crippen molar-refractivity contribution < 1.29 is 9.18 Å². The summed E-state index contributed by atoms with van der Waals surface area (Å²) in [4.78, 5) is 10.4. The predicted molar refractivity (Wildman–Crippen MR) is 43.9 cm³/mol. The van der Waals surface area contributed by atoms with Crippen LogP contribution in [0.1, 0.15) is 10.4 Å². The van der Waals surface area contributed by atoms with Crippen molar-refractivity contribution >= 4 is 17.3 Å². The van der Waals surface area contributed by atoms with Crippen LogP contribution < -0.4 is 0 Å². The van der Waals surface area contributed by atoms with Gasteiger partial charge in [-0.1, -0.05) is 5.21 Å². The van der Waals surface area contributed by atoms with Crippen molar-refractivity contribution in [1.29, 1.82) is 0 Å². The highest BCUT2D eigenvalue weighted by atomic mass is 19.1. The summed E-state index contributed by atoms with van der Waals surface area (Å²) < 4.78 is 14.7. The number of fused-ring (bicyclic) bond motifs is 1. The molecular weight excluding hydrogens is 173 g/mol. The van der Waals surface area contributed by atoms with Crippen LogP contribution in [0.5, 0.6) is 0 Å². The number of hydrogen-bond acceptors (Lipinski definition) is 3. The van der Waals surface area contributed by atoms with Crippen LogP contribution in [0.3, 0.4) is 0 Å². The molecule has 1 aromatic carbocycles. The van der Waals surface area contributed by atoms with E-state index in [1.807, 2.05) is 0 Å². The molecule has 13 heavy (non-hydrogen) atoms. The maximum absolute atomic E-state index is 13.4. The van der Waals surface area contributed by atoms with Gasteiger partial charge in [0.2, 0.25) is 0 Å². The molecule has 0 saturated heterocycles. The summed E-state index contributed by atoms with van der Waals surface area (Å²) in [5.74, 6) is -0.569. The highest BCUT2D eigenvalue weighted by Gasteiger charge is 2.10. The summed E-state index contributed by atoms with van der Waals surface area (Å²) in [6.07, 6.45) is 0.474. The molecule has 4 nitrogen and oxygen atoms in total. The van der Waals surface area contributed by atoms with Crippen LogP contribution in [0.15, 0.2) is 12.1 Å². The molecule has 0 spiro atoms. The fourth-order valence-corrected chi connectivity index (χ4v) is 1.21. The minimum atomic E-state index is -0.569. The number of carbonyl (C=O) groups is 1. The molecule has 0 atom stereocenters. The van der Waals surface area contributed by atoms with Crippen molar-refractivity contribution in [2.24, 2.45) is 7.05 Å². The van der Waals surface area contributed by atoms with Crippen LogP contribution in [-0.4, -0.2) is 21.3 Å². The first-order valence-corrected chi connectivity index (χ1v) is 3.67. The molecule has 5 heteroatoms. The summed E-state index contributed by atoms with van der Waals surface area (Å²) in [6, 6.07) is 2.95. The lowest BCUT2D eigenvalue weighted by atomic mass is 10.2. The van der Waals surface area contributed by atoms with Crippen molar-refractivity contribution in [2.75, 3.05) is 0 Å². The van der Waals surface area contributed by atoms with Gasteiger partial charge in [0.25, 0.3) is 0 Å². The molecule has 0 radical (unpaired) electrons. The second-order valence-corrected chi connectivity index (χ2v) is 2.67. The van der Waals surface area contributed by atoms with E-state index in [0.717, 1.165) is 0 Å². The number of aromatic nitrogens is 3. The SMILES string of the molecule is Cn1nnc2ccc(C=O)c(F)c21. The Kier molecular flexibility index (Phi) is 1.58. The summed E-state index contributed by atoms with van der Waals surface area (Å²) in [6.45, 7) is 0. The molecule has 0 fully saturated rings. The Labute approximate surface area is 73.0 Å². The van der Waals surface area contributed by atoms with Crippen LogP contribution in [0.2, 0.25) is 0 Å². The third-order valence-electron chi connectivity index (χ3n) is 1.86. The average Bonchev–Trinajstić information content (AvgIpc) is 2.49. The molecular formula is C8H6FN3O. The van der Waals surface area contributed by atoms with Crippen LogP contribution in [0.4, 0.5) is 4.39 Å². The highest BCUT2D eigenvalue weighted by molar-refractivity contribution is 5.85. The normalized spacial score (nSPS) is 10.6. The Morgan fingerprint density at radius 3 is 3.00 bits per heavy atom. The molecule has 66 valence electrons. The number of aldehydes is 1. The fraction of sp³-hybridized carbons (Fsp3) is 0.125. The van der Waals surface area contributed by atoms with Gasteiger partial charge in [0.05, 0.1) is 5.56 Å². The van der Waals surface area contributed by atoms with Crippen molar-refractivity contribution in [3.63, 3.8) is 0 Å². The molecule has 2 aromatic rings. The van der Waals surface area contributed by atoms with Gasteiger partial charge < -0.3 is 0 Å². The van der Waals surface area contributed by atoms with Crippen molar-refractivity contribution in [3.05, 3.63) is 23.5 Å². The molecule has 2 rings (SSSR count). The maximum atomic E-state index is 13.4. The largest absolute Gasteiger partial charge is 0.298 e. The maximum Gasteiger partial charge on any atom is 0.161 e. The summed E-state index contributed by atoms with van der Waals surface area (Å²) in [5.41, 5.74) is 0.730. The average molecular weight is 179 g/mol. The third kappa shape index (κ3) is 1.00. The van der Waals surface area contributed by atoms with Gasteiger partial charge in [-0.25, -0.2) is 9.07 Å². The van der Waals surface area contributed by atoms with E-state index in [1.165, 1.54) is 10.7 Å². The number of carbonyl (C=O) groups excluding carboxylic acids is 1. The van der Waals surface area contributed by atoms with Gasteiger partial charge in [0.1, 0.15) is 11.0 Å². The fourth-order valence-electron chi connectivity index (χ4n) is 1.21. The first-order valence-electron chi connectivity index (χ1n) is 3.67. The molecule has 0 N–H and O–H groups in total. The van der Waals surface area contributed by atoms with Gasteiger partial charge in [-0.05, 0) is 12.1 Å². The van der Waals surface area contributed by atoms with Gasteiger partial charge in [0, 0.05) is 7.05 Å². The van der Waals surface area contributed by atoms with Crippen LogP contribution >= 0.6 is 0 Å².